The van der Waals surface area contributed by atoms with E-state index in [2.05, 4.69) is 25.7 Å². The van der Waals surface area contributed by atoms with Crippen molar-refractivity contribution < 1.29 is 9.21 Å². The van der Waals surface area contributed by atoms with E-state index >= 15 is 0 Å². The first-order valence-electron chi connectivity index (χ1n) is 5.81. The van der Waals surface area contributed by atoms with Crippen LogP contribution < -0.4 is 5.32 Å². The van der Waals surface area contributed by atoms with Crippen LogP contribution >= 0.6 is 22.9 Å². The molecule has 0 aliphatic rings. The fourth-order valence-electron chi connectivity index (χ4n) is 1.66. The van der Waals surface area contributed by atoms with Crippen molar-refractivity contribution in [3.05, 3.63) is 39.6 Å². The third kappa shape index (κ3) is 2.91. The van der Waals surface area contributed by atoms with Gasteiger partial charge in [-0.1, -0.05) is 17.4 Å². The van der Waals surface area contributed by atoms with Crippen LogP contribution in [0.3, 0.4) is 0 Å². The molecule has 0 saturated carbocycles. The Balaban J connectivity index is 1.88. The summed E-state index contributed by atoms with van der Waals surface area (Å²) >= 11 is 6.68. The van der Waals surface area contributed by atoms with Gasteiger partial charge >= 0.3 is 0 Å². The van der Waals surface area contributed by atoms with Gasteiger partial charge < -0.3 is 9.73 Å². The molecule has 0 bridgehead atoms. The fraction of sp³-hybridized carbons (Fsp3) is 0.0833. The Morgan fingerprint density at radius 2 is 2.19 bits per heavy atom. The molecule has 7 nitrogen and oxygen atoms in total. The lowest BCUT2D eigenvalue weighted by molar-refractivity contribution is 0.102. The van der Waals surface area contributed by atoms with Gasteiger partial charge in [0.1, 0.15) is 0 Å². The molecule has 0 spiro atoms. The summed E-state index contributed by atoms with van der Waals surface area (Å²) in [5.41, 5.74) is 2.23. The Bertz CT molecular complexity index is 787. The number of carbonyl (C=O) groups excluding carboxylic acids is 1. The molecule has 2 heterocycles. The standard InChI is InChI=1S/C12H8ClN5O2S/c1-6-2-3-7(10-16-14-5-20-10)4-8(6)15-9(19)11-17-18-12(13)21-11/h2-5H,1H3,(H,15,19). The first kappa shape index (κ1) is 13.7. The molecule has 0 radical (unpaired) electrons. The Morgan fingerprint density at radius 1 is 1.33 bits per heavy atom. The lowest BCUT2D eigenvalue weighted by Crippen LogP contribution is -2.12. The molecular formula is C12H8ClN5O2S. The predicted molar refractivity (Wildman–Crippen MR) is 77.3 cm³/mol. The van der Waals surface area contributed by atoms with Gasteiger partial charge in [-0.3, -0.25) is 4.79 Å². The van der Waals surface area contributed by atoms with Crippen LogP contribution in [-0.4, -0.2) is 26.3 Å². The van der Waals surface area contributed by atoms with E-state index in [9.17, 15) is 4.79 Å². The Morgan fingerprint density at radius 3 is 2.86 bits per heavy atom. The van der Waals surface area contributed by atoms with Gasteiger partial charge in [-0.25, -0.2) is 0 Å². The van der Waals surface area contributed by atoms with Gasteiger partial charge in [0, 0.05) is 11.3 Å². The van der Waals surface area contributed by atoms with Crippen molar-refractivity contribution in [3.63, 3.8) is 0 Å². The summed E-state index contributed by atoms with van der Waals surface area (Å²) in [6, 6.07) is 5.44. The second kappa shape index (κ2) is 5.58. The van der Waals surface area contributed by atoms with Crippen LogP contribution in [0, 0.1) is 6.92 Å². The van der Waals surface area contributed by atoms with E-state index in [1.54, 1.807) is 6.07 Å². The van der Waals surface area contributed by atoms with Crippen molar-refractivity contribution in [2.24, 2.45) is 0 Å². The van der Waals surface area contributed by atoms with Crippen LogP contribution in [0.5, 0.6) is 0 Å². The van der Waals surface area contributed by atoms with Crippen LogP contribution in [0.15, 0.2) is 29.0 Å². The SMILES string of the molecule is Cc1ccc(-c2nnco2)cc1NC(=O)c1nnc(Cl)s1. The van der Waals surface area contributed by atoms with Crippen LogP contribution in [0.4, 0.5) is 5.69 Å². The number of rotatable bonds is 3. The van der Waals surface area contributed by atoms with E-state index in [-0.39, 0.29) is 15.4 Å². The predicted octanol–water partition coefficient (Wildman–Crippen LogP) is 2.80. The normalized spacial score (nSPS) is 10.6. The Kier molecular flexibility index (Phi) is 3.63. The minimum Gasteiger partial charge on any atom is -0.423 e. The molecule has 9 heteroatoms. The third-order valence-corrected chi connectivity index (χ3v) is 3.70. The molecule has 106 valence electrons. The van der Waals surface area contributed by atoms with Crippen molar-refractivity contribution in [1.29, 1.82) is 0 Å². The molecular weight excluding hydrogens is 314 g/mol. The molecule has 1 amide bonds. The third-order valence-electron chi connectivity index (χ3n) is 2.69. The van der Waals surface area contributed by atoms with Gasteiger partial charge in [0.05, 0.1) is 0 Å². The molecule has 0 unspecified atom stereocenters. The zero-order valence-corrected chi connectivity index (χ0v) is 12.3. The number of anilines is 1. The van der Waals surface area contributed by atoms with E-state index < -0.39 is 0 Å². The highest BCUT2D eigenvalue weighted by Crippen LogP contribution is 2.25. The van der Waals surface area contributed by atoms with Crippen molar-refractivity contribution in [2.45, 2.75) is 6.92 Å². The molecule has 1 N–H and O–H groups in total. The minimum atomic E-state index is -0.370. The lowest BCUT2D eigenvalue weighted by atomic mass is 10.1. The highest BCUT2D eigenvalue weighted by Gasteiger charge is 2.14. The molecule has 3 aromatic rings. The average Bonchev–Trinajstić information content (AvgIpc) is 3.12. The summed E-state index contributed by atoms with van der Waals surface area (Å²) < 4.78 is 5.35. The van der Waals surface area contributed by atoms with Crippen LogP contribution in [0.25, 0.3) is 11.5 Å². The summed E-state index contributed by atoms with van der Waals surface area (Å²) in [7, 11) is 0. The number of halogens is 1. The molecule has 0 aliphatic heterocycles. The minimum absolute atomic E-state index is 0.197. The number of hydrogen-bond donors (Lipinski definition) is 1. The van der Waals surface area contributed by atoms with Crippen molar-refractivity contribution in [1.82, 2.24) is 20.4 Å². The summed E-state index contributed by atoms with van der Waals surface area (Å²) in [4.78, 5) is 12.1. The summed E-state index contributed by atoms with van der Waals surface area (Å²) in [5, 5.41) is 17.7. The topological polar surface area (TPSA) is 93.8 Å². The van der Waals surface area contributed by atoms with E-state index in [1.807, 2.05) is 19.1 Å². The van der Waals surface area contributed by atoms with E-state index in [4.69, 9.17) is 16.0 Å². The first-order chi connectivity index (χ1) is 10.1. The maximum atomic E-state index is 12.1. The molecule has 21 heavy (non-hydrogen) atoms. The summed E-state index contributed by atoms with van der Waals surface area (Å²) in [6.45, 7) is 1.88. The van der Waals surface area contributed by atoms with Gasteiger partial charge in [0.2, 0.25) is 21.8 Å². The zero-order chi connectivity index (χ0) is 14.8. The molecule has 0 fully saturated rings. The highest BCUT2D eigenvalue weighted by atomic mass is 35.5. The molecule has 3 rings (SSSR count). The number of carbonyl (C=O) groups is 1. The Labute approximate surface area is 128 Å². The van der Waals surface area contributed by atoms with E-state index in [0.29, 0.717) is 17.1 Å². The molecule has 1 aromatic carbocycles. The maximum Gasteiger partial charge on any atom is 0.286 e. The second-order valence-electron chi connectivity index (χ2n) is 4.09. The van der Waals surface area contributed by atoms with Gasteiger partial charge in [0.25, 0.3) is 5.91 Å². The number of amides is 1. The average molecular weight is 322 g/mol. The molecule has 0 saturated heterocycles. The molecule has 0 aliphatic carbocycles. The first-order valence-corrected chi connectivity index (χ1v) is 7.00. The van der Waals surface area contributed by atoms with Crippen LogP contribution in [0.2, 0.25) is 4.47 Å². The van der Waals surface area contributed by atoms with Crippen molar-refractivity contribution in [2.75, 3.05) is 5.32 Å². The number of aromatic nitrogens is 4. The number of aryl methyl sites for hydroxylation is 1. The number of nitrogens with zero attached hydrogens (tertiary/aromatic N) is 4. The highest BCUT2D eigenvalue weighted by molar-refractivity contribution is 7.17. The van der Waals surface area contributed by atoms with Crippen LogP contribution in [-0.2, 0) is 0 Å². The van der Waals surface area contributed by atoms with Gasteiger partial charge in [-0.05, 0) is 36.2 Å². The lowest BCUT2D eigenvalue weighted by Gasteiger charge is -2.07. The fourth-order valence-corrected chi connectivity index (χ4v) is 2.39. The number of nitrogens with one attached hydrogen (secondary N) is 1. The zero-order valence-electron chi connectivity index (χ0n) is 10.7. The smallest absolute Gasteiger partial charge is 0.286 e. The van der Waals surface area contributed by atoms with Gasteiger partial charge in [-0.15, -0.1) is 20.4 Å². The van der Waals surface area contributed by atoms with E-state index in [1.165, 1.54) is 6.39 Å². The largest absolute Gasteiger partial charge is 0.423 e. The number of hydrogen-bond acceptors (Lipinski definition) is 7. The van der Waals surface area contributed by atoms with E-state index in [0.717, 1.165) is 16.9 Å². The molecule has 2 aromatic heterocycles. The summed E-state index contributed by atoms with van der Waals surface area (Å²) in [5.74, 6) is 0.00892. The monoisotopic (exact) mass is 321 g/mol. The summed E-state index contributed by atoms with van der Waals surface area (Å²) in [6.07, 6.45) is 1.25. The Hall–Kier alpha value is -2.32. The molecule has 0 atom stereocenters. The quantitative estimate of drug-likeness (QED) is 0.797. The number of benzene rings is 1. The second-order valence-corrected chi connectivity index (χ2v) is 5.65. The van der Waals surface area contributed by atoms with Crippen molar-refractivity contribution >= 4 is 34.5 Å². The van der Waals surface area contributed by atoms with Crippen LogP contribution in [0.1, 0.15) is 15.4 Å². The van der Waals surface area contributed by atoms with Gasteiger partial charge in [0.15, 0.2) is 0 Å². The van der Waals surface area contributed by atoms with Gasteiger partial charge in [-0.2, -0.15) is 0 Å². The van der Waals surface area contributed by atoms with Crippen molar-refractivity contribution in [3.8, 4) is 11.5 Å². The maximum absolute atomic E-state index is 12.1.